The minimum absolute atomic E-state index is 0.0951. The van der Waals surface area contributed by atoms with Crippen molar-refractivity contribution in [1.82, 2.24) is 0 Å². The van der Waals surface area contributed by atoms with Gasteiger partial charge in [0.15, 0.2) is 6.61 Å². The number of nitrogens with one attached hydrogen (secondary N) is 1. The third-order valence-corrected chi connectivity index (χ3v) is 3.71. The molecule has 2 aromatic rings. The Morgan fingerprint density at radius 3 is 2.57 bits per heavy atom. The summed E-state index contributed by atoms with van der Waals surface area (Å²) in [7, 11) is 1.48. The van der Waals surface area contributed by atoms with E-state index in [2.05, 4.69) is 5.32 Å². The topological polar surface area (TPSA) is 47.6 Å². The maximum absolute atomic E-state index is 12.9. The minimum atomic E-state index is -0.479. The molecule has 0 saturated carbocycles. The van der Waals surface area contributed by atoms with Gasteiger partial charge in [-0.2, -0.15) is 0 Å². The van der Waals surface area contributed by atoms with Crippen LogP contribution < -0.4 is 14.8 Å². The van der Waals surface area contributed by atoms with Crippen molar-refractivity contribution >= 4 is 34.8 Å². The van der Waals surface area contributed by atoms with E-state index in [1.54, 1.807) is 12.1 Å². The lowest BCUT2D eigenvalue weighted by atomic mass is 10.2. The molecular weight excluding hydrogens is 344 g/mol. The van der Waals surface area contributed by atoms with Gasteiger partial charge >= 0.3 is 0 Å². The standard InChI is InChI=1S/C16H14Cl2FNO3/c1-9-5-13(15(22-2)7-11(9)17)20-16(21)8-23-14-4-3-10(19)6-12(14)18/h3-7H,8H2,1-2H3,(H,20,21). The predicted molar refractivity (Wildman–Crippen MR) is 88.3 cm³/mol. The van der Waals surface area contributed by atoms with E-state index in [4.69, 9.17) is 32.7 Å². The second kappa shape index (κ2) is 7.53. The van der Waals surface area contributed by atoms with Crippen LogP contribution in [0.25, 0.3) is 0 Å². The smallest absolute Gasteiger partial charge is 0.262 e. The zero-order chi connectivity index (χ0) is 17.0. The van der Waals surface area contributed by atoms with E-state index in [-0.39, 0.29) is 17.4 Å². The predicted octanol–water partition coefficient (Wildman–Crippen LogP) is 4.47. The number of amides is 1. The molecule has 0 spiro atoms. The number of hydrogen-bond acceptors (Lipinski definition) is 3. The molecule has 2 aromatic carbocycles. The molecular formula is C16H14Cl2FNO3. The normalized spacial score (nSPS) is 10.3. The van der Waals surface area contributed by atoms with Crippen LogP contribution in [0.15, 0.2) is 30.3 Å². The summed E-state index contributed by atoms with van der Waals surface area (Å²) < 4.78 is 23.4. The van der Waals surface area contributed by atoms with Crippen molar-refractivity contribution in [2.75, 3.05) is 19.0 Å². The van der Waals surface area contributed by atoms with Crippen molar-refractivity contribution in [2.24, 2.45) is 0 Å². The first-order valence-corrected chi connectivity index (χ1v) is 7.38. The summed E-state index contributed by atoms with van der Waals surface area (Å²) >= 11 is 11.8. The number of aryl methyl sites for hydroxylation is 1. The van der Waals surface area contributed by atoms with Crippen molar-refractivity contribution in [3.63, 3.8) is 0 Å². The summed E-state index contributed by atoms with van der Waals surface area (Å²) in [4.78, 5) is 12.0. The van der Waals surface area contributed by atoms with Crippen LogP contribution in [0.4, 0.5) is 10.1 Å². The fraction of sp³-hybridized carbons (Fsp3) is 0.188. The maximum atomic E-state index is 12.9. The first-order chi connectivity index (χ1) is 10.9. The number of ether oxygens (including phenoxy) is 2. The summed E-state index contributed by atoms with van der Waals surface area (Å²) in [5.74, 6) is -0.227. The number of halogens is 3. The van der Waals surface area contributed by atoms with Crippen LogP contribution in [-0.4, -0.2) is 19.6 Å². The van der Waals surface area contributed by atoms with E-state index in [9.17, 15) is 9.18 Å². The molecule has 0 heterocycles. The fourth-order valence-electron chi connectivity index (χ4n) is 1.85. The van der Waals surface area contributed by atoms with Gasteiger partial charge in [0.2, 0.25) is 0 Å². The second-order valence-electron chi connectivity index (χ2n) is 4.71. The highest BCUT2D eigenvalue weighted by atomic mass is 35.5. The highest BCUT2D eigenvalue weighted by molar-refractivity contribution is 6.32. The second-order valence-corrected chi connectivity index (χ2v) is 5.53. The number of carbonyl (C=O) groups excluding carboxylic acids is 1. The summed E-state index contributed by atoms with van der Waals surface area (Å²) in [5, 5.41) is 3.30. The van der Waals surface area contributed by atoms with Crippen molar-refractivity contribution < 1.29 is 18.7 Å². The molecule has 1 N–H and O–H groups in total. The van der Waals surface area contributed by atoms with Crippen LogP contribution >= 0.6 is 23.2 Å². The van der Waals surface area contributed by atoms with E-state index < -0.39 is 11.7 Å². The largest absolute Gasteiger partial charge is 0.495 e. The molecule has 0 aromatic heterocycles. The van der Waals surface area contributed by atoms with Crippen molar-refractivity contribution in [2.45, 2.75) is 6.92 Å². The highest BCUT2D eigenvalue weighted by Crippen LogP contribution is 2.31. The zero-order valence-corrected chi connectivity index (χ0v) is 14.0. The summed E-state index contributed by atoms with van der Waals surface area (Å²) in [6, 6.07) is 6.98. The van der Waals surface area contributed by atoms with Crippen molar-refractivity contribution in [1.29, 1.82) is 0 Å². The van der Waals surface area contributed by atoms with Gasteiger partial charge in [0.05, 0.1) is 17.8 Å². The molecule has 0 aliphatic carbocycles. The SMILES string of the molecule is COc1cc(Cl)c(C)cc1NC(=O)COc1ccc(F)cc1Cl. The monoisotopic (exact) mass is 357 g/mol. The number of benzene rings is 2. The van der Waals surface area contributed by atoms with E-state index in [0.29, 0.717) is 16.5 Å². The van der Waals surface area contributed by atoms with Gasteiger partial charge in [0, 0.05) is 11.1 Å². The van der Waals surface area contributed by atoms with Crippen LogP contribution in [-0.2, 0) is 4.79 Å². The average Bonchev–Trinajstić information content (AvgIpc) is 2.49. The van der Waals surface area contributed by atoms with Gasteiger partial charge in [-0.15, -0.1) is 0 Å². The van der Waals surface area contributed by atoms with Crippen LogP contribution in [0.5, 0.6) is 11.5 Å². The van der Waals surface area contributed by atoms with E-state index in [1.165, 1.54) is 19.2 Å². The zero-order valence-electron chi connectivity index (χ0n) is 12.5. The molecule has 23 heavy (non-hydrogen) atoms. The van der Waals surface area contributed by atoms with E-state index in [1.807, 2.05) is 6.92 Å². The highest BCUT2D eigenvalue weighted by Gasteiger charge is 2.12. The molecule has 7 heteroatoms. The summed E-state index contributed by atoms with van der Waals surface area (Å²) in [6.45, 7) is 1.53. The van der Waals surface area contributed by atoms with Crippen LogP contribution in [0.1, 0.15) is 5.56 Å². The Bertz CT molecular complexity index is 738. The molecule has 0 unspecified atom stereocenters. The molecule has 0 radical (unpaired) electrons. The molecule has 2 rings (SSSR count). The van der Waals surface area contributed by atoms with Crippen LogP contribution in [0.3, 0.4) is 0 Å². The number of anilines is 1. The number of rotatable bonds is 5. The lowest BCUT2D eigenvalue weighted by Gasteiger charge is -2.13. The molecule has 1 amide bonds. The number of carbonyl (C=O) groups is 1. The van der Waals surface area contributed by atoms with Crippen molar-refractivity contribution in [3.8, 4) is 11.5 Å². The Morgan fingerprint density at radius 2 is 1.91 bits per heavy atom. The maximum Gasteiger partial charge on any atom is 0.262 e. The molecule has 0 atom stereocenters. The third-order valence-electron chi connectivity index (χ3n) is 3.01. The molecule has 122 valence electrons. The Hall–Kier alpha value is -1.98. The summed E-state index contributed by atoms with van der Waals surface area (Å²) in [5.41, 5.74) is 1.28. The van der Waals surface area contributed by atoms with E-state index >= 15 is 0 Å². The van der Waals surface area contributed by atoms with E-state index in [0.717, 1.165) is 11.6 Å². The molecule has 0 saturated heterocycles. The molecule has 0 fully saturated rings. The van der Waals surface area contributed by atoms with Gasteiger partial charge < -0.3 is 14.8 Å². The van der Waals surface area contributed by atoms with Gasteiger partial charge in [-0.05, 0) is 36.8 Å². The number of hydrogen-bond donors (Lipinski definition) is 1. The van der Waals surface area contributed by atoms with Gasteiger partial charge in [-0.3, -0.25) is 4.79 Å². The van der Waals surface area contributed by atoms with Gasteiger partial charge in [0.1, 0.15) is 17.3 Å². The molecule has 0 bridgehead atoms. The van der Waals surface area contributed by atoms with Crippen LogP contribution in [0, 0.1) is 12.7 Å². The van der Waals surface area contributed by atoms with Crippen LogP contribution in [0.2, 0.25) is 10.0 Å². The Kier molecular flexibility index (Phi) is 5.69. The molecule has 0 aliphatic heterocycles. The minimum Gasteiger partial charge on any atom is -0.495 e. The summed E-state index contributed by atoms with van der Waals surface area (Å²) in [6.07, 6.45) is 0. The Labute approximate surface area is 143 Å². The Morgan fingerprint density at radius 1 is 1.17 bits per heavy atom. The number of methoxy groups -OCH3 is 1. The molecule has 0 aliphatic rings. The first-order valence-electron chi connectivity index (χ1n) is 6.62. The Balaban J connectivity index is 2.04. The molecule has 4 nitrogen and oxygen atoms in total. The lowest BCUT2D eigenvalue weighted by molar-refractivity contribution is -0.118. The van der Waals surface area contributed by atoms with Gasteiger partial charge in [-0.25, -0.2) is 4.39 Å². The van der Waals surface area contributed by atoms with Gasteiger partial charge in [0.25, 0.3) is 5.91 Å². The van der Waals surface area contributed by atoms with Crippen molar-refractivity contribution in [3.05, 3.63) is 51.8 Å². The third kappa shape index (κ3) is 4.50. The first kappa shape index (κ1) is 17.4. The average molecular weight is 358 g/mol. The fourth-order valence-corrected chi connectivity index (χ4v) is 2.23. The lowest BCUT2D eigenvalue weighted by Crippen LogP contribution is -2.20. The van der Waals surface area contributed by atoms with Gasteiger partial charge in [-0.1, -0.05) is 23.2 Å². The quantitative estimate of drug-likeness (QED) is 0.858.